The molecule has 2 heterocycles. The largest absolute Gasteiger partial charge is 0.467 e. The maximum atomic E-state index is 13.6. The van der Waals surface area contributed by atoms with Gasteiger partial charge in [-0.1, -0.05) is 22.0 Å². The van der Waals surface area contributed by atoms with Crippen molar-refractivity contribution in [2.24, 2.45) is 0 Å². The number of anilines is 1. The normalized spacial score (nSPS) is 12.2. The molecule has 0 saturated heterocycles. The fraction of sp³-hybridized carbons (Fsp3) is 0.130. The lowest BCUT2D eigenvalue weighted by Crippen LogP contribution is -2.43. The molecule has 0 bridgehead atoms. The van der Waals surface area contributed by atoms with Gasteiger partial charge in [-0.05, 0) is 69.4 Å². The summed E-state index contributed by atoms with van der Waals surface area (Å²) in [5.74, 6) is -1.93. The molecule has 1 amide bonds. The quantitative estimate of drug-likeness (QED) is 0.261. The lowest BCUT2D eigenvalue weighted by molar-refractivity contribution is -0.142. The van der Waals surface area contributed by atoms with Crippen LogP contribution in [-0.4, -0.2) is 42.8 Å². The van der Waals surface area contributed by atoms with E-state index in [9.17, 15) is 22.4 Å². The van der Waals surface area contributed by atoms with Crippen LogP contribution in [0.4, 0.5) is 10.1 Å². The summed E-state index contributed by atoms with van der Waals surface area (Å²) in [4.78, 5) is 29.7. The van der Waals surface area contributed by atoms with E-state index < -0.39 is 33.8 Å². The highest BCUT2D eigenvalue weighted by Gasteiger charge is 2.27. The first-order chi connectivity index (χ1) is 17.6. The van der Waals surface area contributed by atoms with Gasteiger partial charge in [-0.3, -0.25) is 9.52 Å². The van der Waals surface area contributed by atoms with E-state index in [1.54, 1.807) is 12.1 Å². The third-order valence-corrected chi connectivity index (χ3v) is 8.37. The number of rotatable bonds is 8. The first kappa shape index (κ1) is 27.1. The van der Waals surface area contributed by atoms with Crippen molar-refractivity contribution in [3.05, 3.63) is 80.7 Å². The smallest absolute Gasteiger partial charge is 0.328 e. The van der Waals surface area contributed by atoms with Crippen molar-refractivity contribution in [2.75, 3.05) is 11.8 Å². The molecule has 4 rings (SSSR count). The maximum Gasteiger partial charge on any atom is 0.328 e. The van der Waals surface area contributed by atoms with Gasteiger partial charge in [0.1, 0.15) is 11.9 Å². The molecule has 0 unspecified atom stereocenters. The average molecular weight is 672 g/mol. The Morgan fingerprint density at radius 2 is 1.95 bits per heavy atom. The molecular formula is C23H17Br2FN4O5S2. The summed E-state index contributed by atoms with van der Waals surface area (Å²) >= 11 is 7.51. The third kappa shape index (κ3) is 6.14. The number of benzene rings is 2. The van der Waals surface area contributed by atoms with E-state index in [1.807, 2.05) is 0 Å². The molecule has 0 fully saturated rings. The van der Waals surface area contributed by atoms with E-state index in [1.165, 1.54) is 49.8 Å². The van der Waals surface area contributed by atoms with Gasteiger partial charge in [0, 0.05) is 17.1 Å². The number of nitrogens with one attached hydrogen (secondary N) is 2. The Morgan fingerprint density at radius 1 is 1.16 bits per heavy atom. The molecule has 2 N–H and O–H groups in total. The van der Waals surface area contributed by atoms with Crippen molar-refractivity contribution in [3.63, 3.8) is 0 Å². The van der Waals surface area contributed by atoms with Crippen LogP contribution in [0, 0.1) is 5.82 Å². The second-order valence-electron chi connectivity index (χ2n) is 7.65. The van der Waals surface area contributed by atoms with Crippen molar-refractivity contribution >= 4 is 81.1 Å². The van der Waals surface area contributed by atoms with Crippen LogP contribution < -0.4 is 10.0 Å². The second-order valence-corrected chi connectivity index (χ2v) is 11.9. The average Bonchev–Trinajstić information content (AvgIpc) is 3.34. The topological polar surface area (TPSA) is 127 Å². The lowest BCUT2D eigenvalue weighted by atomic mass is 10.0. The van der Waals surface area contributed by atoms with Gasteiger partial charge in [0.2, 0.25) is 0 Å². The summed E-state index contributed by atoms with van der Waals surface area (Å²) in [7, 11) is -3.04. The molecule has 0 aliphatic rings. The zero-order valence-electron chi connectivity index (χ0n) is 18.9. The number of pyridine rings is 1. The summed E-state index contributed by atoms with van der Waals surface area (Å²) in [6.07, 6.45) is 2.77. The van der Waals surface area contributed by atoms with E-state index in [4.69, 9.17) is 4.74 Å². The molecule has 0 spiro atoms. The number of fused-ring (bicyclic) bond motifs is 1. The number of esters is 1. The molecule has 2 aromatic heterocycles. The number of hydrogen-bond donors (Lipinski definition) is 2. The Balaban J connectivity index is 1.63. The minimum Gasteiger partial charge on any atom is -0.467 e. The third-order valence-electron chi connectivity index (χ3n) is 5.19. The first-order valence-corrected chi connectivity index (χ1v) is 14.3. The fourth-order valence-electron chi connectivity index (χ4n) is 3.45. The zero-order chi connectivity index (χ0) is 26.7. The van der Waals surface area contributed by atoms with Gasteiger partial charge in [0.15, 0.2) is 5.03 Å². The van der Waals surface area contributed by atoms with Crippen LogP contribution in [-0.2, 0) is 26.0 Å². The minimum absolute atomic E-state index is 0.00591. The highest BCUT2D eigenvalue weighted by atomic mass is 79.9. The van der Waals surface area contributed by atoms with Crippen molar-refractivity contribution < 1.29 is 27.1 Å². The van der Waals surface area contributed by atoms with Gasteiger partial charge < -0.3 is 10.1 Å². The lowest BCUT2D eigenvalue weighted by Gasteiger charge is -2.19. The summed E-state index contributed by atoms with van der Waals surface area (Å²) in [5, 5.41) is 2.69. The van der Waals surface area contributed by atoms with Gasteiger partial charge in [-0.15, -0.1) is 0 Å². The van der Waals surface area contributed by atoms with Crippen LogP contribution >= 0.6 is 43.4 Å². The van der Waals surface area contributed by atoms with E-state index in [0.717, 1.165) is 11.5 Å². The Morgan fingerprint density at radius 3 is 2.68 bits per heavy atom. The molecule has 0 radical (unpaired) electrons. The van der Waals surface area contributed by atoms with E-state index in [2.05, 4.69) is 51.3 Å². The molecular weight excluding hydrogens is 655 g/mol. The predicted octanol–water partition coefficient (Wildman–Crippen LogP) is 4.67. The van der Waals surface area contributed by atoms with Crippen molar-refractivity contribution in [3.8, 4) is 0 Å². The van der Waals surface area contributed by atoms with Crippen molar-refractivity contribution in [1.82, 2.24) is 14.7 Å². The Labute approximate surface area is 231 Å². The summed E-state index contributed by atoms with van der Waals surface area (Å²) in [6.45, 7) is 0. The molecule has 192 valence electrons. The highest BCUT2D eigenvalue weighted by Crippen LogP contribution is 2.28. The Bertz CT molecular complexity index is 1610. The van der Waals surface area contributed by atoms with Gasteiger partial charge in [0.05, 0.1) is 39.1 Å². The molecule has 1 atom stereocenters. The van der Waals surface area contributed by atoms with E-state index >= 15 is 0 Å². The molecule has 14 heteroatoms. The maximum absolute atomic E-state index is 13.6. The van der Waals surface area contributed by atoms with Crippen LogP contribution in [0.15, 0.2) is 68.8 Å². The summed E-state index contributed by atoms with van der Waals surface area (Å²) in [6, 6.07) is 9.10. The standard InChI is InChI=1S/C23H17Br2FN4O5S2/c1-35-23(32)19(9-12-2-5-17(26)16(25)8-12)29-21(31)14-4-3-13(24)10-18(14)30-37(33,34)22-15-11-28-36-20(15)6-7-27-22/h2-8,10-11,19,30H,9H2,1H3,(H,29,31)/t19-/m0/s1. The molecule has 4 aromatic rings. The van der Waals surface area contributed by atoms with Crippen molar-refractivity contribution in [2.45, 2.75) is 17.5 Å². The highest BCUT2D eigenvalue weighted by molar-refractivity contribution is 9.10. The molecule has 0 aliphatic carbocycles. The first-order valence-electron chi connectivity index (χ1n) is 10.4. The number of nitrogens with zero attached hydrogens (tertiary/aromatic N) is 2. The Hall–Kier alpha value is -2.94. The van der Waals surface area contributed by atoms with Gasteiger partial charge >= 0.3 is 5.97 Å². The number of aromatic nitrogens is 2. The molecule has 0 aliphatic heterocycles. The number of halogens is 3. The van der Waals surface area contributed by atoms with Crippen LogP contribution in [0.25, 0.3) is 10.1 Å². The number of ether oxygens (including phenoxy) is 1. The zero-order valence-corrected chi connectivity index (χ0v) is 23.7. The molecule has 2 aromatic carbocycles. The predicted molar refractivity (Wildman–Crippen MR) is 143 cm³/mol. The van der Waals surface area contributed by atoms with E-state index in [-0.39, 0.29) is 27.2 Å². The fourth-order valence-corrected chi connectivity index (χ4v) is 6.15. The minimum atomic E-state index is -4.22. The van der Waals surface area contributed by atoms with Crippen LogP contribution in [0.1, 0.15) is 15.9 Å². The number of carbonyl (C=O) groups excluding carboxylic acids is 2. The SMILES string of the molecule is COC(=O)[C@H](Cc1ccc(F)c(Br)c1)NC(=O)c1ccc(Br)cc1NS(=O)(=O)c1nccc2sncc12. The van der Waals surface area contributed by atoms with Gasteiger partial charge in [-0.2, -0.15) is 12.8 Å². The van der Waals surface area contributed by atoms with Crippen molar-refractivity contribution in [1.29, 1.82) is 0 Å². The second kappa shape index (κ2) is 11.2. The number of carbonyl (C=O) groups is 2. The van der Waals surface area contributed by atoms with Crippen LogP contribution in [0.3, 0.4) is 0 Å². The number of methoxy groups -OCH3 is 1. The molecule has 9 nitrogen and oxygen atoms in total. The van der Waals surface area contributed by atoms with Crippen LogP contribution in [0.5, 0.6) is 0 Å². The van der Waals surface area contributed by atoms with Gasteiger partial charge in [0.25, 0.3) is 15.9 Å². The van der Waals surface area contributed by atoms with Gasteiger partial charge in [-0.25, -0.2) is 14.2 Å². The Kier molecular flexibility index (Phi) is 8.21. The number of sulfonamides is 1. The number of amides is 1. The number of hydrogen-bond acceptors (Lipinski definition) is 8. The van der Waals surface area contributed by atoms with Crippen LogP contribution in [0.2, 0.25) is 0 Å². The summed E-state index contributed by atoms with van der Waals surface area (Å²) < 4.78 is 52.7. The molecule has 0 saturated carbocycles. The monoisotopic (exact) mass is 670 g/mol. The summed E-state index contributed by atoms with van der Waals surface area (Å²) in [5.41, 5.74) is 0.475. The molecule has 37 heavy (non-hydrogen) atoms. The van der Waals surface area contributed by atoms with E-state index in [0.29, 0.717) is 20.1 Å².